The summed E-state index contributed by atoms with van der Waals surface area (Å²) in [6.45, 7) is 2.82. The Hall–Kier alpha value is -1.82. The molecular formula is C12H13ClN4O2. The number of carbonyl (C=O) groups is 1. The zero-order valence-electron chi connectivity index (χ0n) is 10.4. The van der Waals surface area contributed by atoms with Gasteiger partial charge in [0.05, 0.1) is 11.9 Å². The third-order valence-corrected chi connectivity index (χ3v) is 3.85. The fraction of sp³-hybridized carbons (Fsp3) is 0.417. The van der Waals surface area contributed by atoms with Crippen LogP contribution in [0.2, 0.25) is 5.15 Å². The smallest absolute Gasteiger partial charge is 0.407 e. The minimum Gasteiger partial charge on any atom is -0.465 e. The van der Waals surface area contributed by atoms with E-state index in [-0.39, 0.29) is 0 Å². The van der Waals surface area contributed by atoms with Crippen molar-refractivity contribution in [3.8, 4) is 0 Å². The molecule has 19 heavy (non-hydrogen) atoms. The predicted octanol–water partition coefficient (Wildman–Crippen LogP) is 1.77. The number of aromatic nitrogens is 3. The molecule has 1 N–H and O–H groups in total. The zero-order chi connectivity index (χ0) is 13.6. The van der Waals surface area contributed by atoms with Gasteiger partial charge in [-0.2, -0.15) is 5.10 Å². The summed E-state index contributed by atoms with van der Waals surface area (Å²) in [5.74, 6) is 0. The number of fused-ring (bicyclic) bond motifs is 2. The van der Waals surface area contributed by atoms with Crippen LogP contribution < -0.4 is 0 Å². The molecule has 3 heterocycles. The van der Waals surface area contributed by atoms with Gasteiger partial charge in [0, 0.05) is 30.6 Å². The number of nitrogens with zero attached hydrogens (tertiary/aromatic N) is 4. The largest absolute Gasteiger partial charge is 0.465 e. The van der Waals surface area contributed by atoms with Crippen LogP contribution >= 0.6 is 11.6 Å². The van der Waals surface area contributed by atoms with Gasteiger partial charge in [0.25, 0.3) is 0 Å². The Morgan fingerprint density at radius 1 is 1.42 bits per heavy atom. The van der Waals surface area contributed by atoms with Gasteiger partial charge in [-0.15, -0.1) is 0 Å². The number of carboxylic acid groups (broad SMARTS) is 1. The lowest BCUT2D eigenvalue weighted by Crippen LogP contribution is -2.31. The maximum atomic E-state index is 11.0. The molecule has 7 heteroatoms. The summed E-state index contributed by atoms with van der Waals surface area (Å²) in [4.78, 5) is 17.0. The molecule has 0 unspecified atom stereocenters. The van der Waals surface area contributed by atoms with Crippen molar-refractivity contribution < 1.29 is 9.90 Å². The third kappa shape index (κ3) is 1.92. The SMILES string of the molecule is Cc1cnn2c(Cl)c3c(nc12)CCN(C(=O)O)CC3. The van der Waals surface area contributed by atoms with Crippen LogP contribution in [0.4, 0.5) is 4.79 Å². The topological polar surface area (TPSA) is 70.7 Å². The van der Waals surface area contributed by atoms with Gasteiger partial charge in [0.1, 0.15) is 5.15 Å². The molecule has 0 aliphatic carbocycles. The normalized spacial score (nSPS) is 15.4. The van der Waals surface area contributed by atoms with Gasteiger partial charge in [-0.25, -0.2) is 14.3 Å². The highest BCUT2D eigenvalue weighted by Gasteiger charge is 2.22. The summed E-state index contributed by atoms with van der Waals surface area (Å²) in [7, 11) is 0. The van der Waals surface area contributed by atoms with E-state index in [0.29, 0.717) is 31.1 Å². The van der Waals surface area contributed by atoms with Crippen LogP contribution in [-0.2, 0) is 12.8 Å². The fourth-order valence-corrected chi connectivity index (χ4v) is 2.72. The van der Waals surface area contributed by atoms with Crippen LogP contribution in [-0.4, -0.2) is 43.8 Å². The molecule has 0 saturated heterocycles. The molecule has 2 aromatic heterocycles. The number of hydrogen-bond donors (Lipinski definition) is 1. The molecular weight excluding hydrogens is 268 g/mol. The van der Waals surface area contributed by atoms with Gasteiger partial charge >= 0.3 is 6.09 Å². The van der Waals surface area contributed by atoms with Gasteiger partial charge in [0.2, 0.25) is 0 Å². The second kappa shape index (κ2) is 4.38. The van der Waals surface area contributed by atoms with E-state index in [1.54, 1.807) is 10.7 Å². The lowest BCUT2D eigenvalue weighted by atomic mass is 10.1. The van der Waals surface area contributed by atoms with Crippen molar-refractivity contribution in [2.24, 2.45) is 0 Å². The molecule has 0 radical (unpaired) electrons. The Labute approximate surface area is 114 Å². The van der Waals surface area contributed by atoms with Crippen molar-refractivity contribution >= 4 is 23.3 Å². The van der Waals surface area contributed by atoms with Crippen molar-refractivity contribution in [3.63, 3.8) is 0 Å². The Morgan fingerprint density at radius 3 is 2.89 bits per heavy atom. The molecule has 0 spiro atoms. The summed E-state index contributed by atoms with van der Waals surface area (Å²) in [5.41, 5.74) is 3.49. The highest BCUT2D eigenvalue weighted by molar-refractivity contribution is 6.30. The van der Waals surface area contributed by atoms with Crippen molar-refractivity contribution in [2.45, 2.75) is 19.8 Å². The quantitative estimate of drug-likeness (QED) is 0.747. The number of halogens is 1. The molecule has 0 saturated carbocycles. The highest BCUT2D eigenvalue weighted by Crippen LogP contribution is 2.25. The van der Waals surface area contributed by atoms with E-state index >= 15 is 0 Å². The van der Waals surface area contributed by atoms with Crippen LogP contribution in [0.15, 0.2) is 6.20 Å². The highest BCUT2D eigenvalue weighted by atomic mass is 35.5. The zero-order valence-corrected chi connectivity index (χ0v) is 11.2. The first kappa shape index (κ1) is 12.2. The average Bonchev–Trinajstić information content (AvgIpc) is 2.62. The Bertz CT molecular complexity index is 667. The van der Waals surface area contributed by atoms with E-state index in [0.717, 1.165) is 22.5 Å². The number of rotatable bonds is 0. The molecule has 0 atom stereocenters. The first-order chi connectivity index (χ1) is 9.08. The minimum atomic E-state index is -0.898. The number of amides is 1. The molecule has 6 nitrogen and oxygen atoms in total. The second-order valence-corrected chi connectivity index (χ2v) is 5.02. The second-order valence-electron chi connectivity index (χ2n) is 4.66. The third-order valence-electron chi connectivity index (χ3n) is 3.47. The monoisotopic (exact) mass is 280 g/mol. The number of aryl methyl sites for hydroxylation is 1. The van der Waals surface area contributed by atoms with Crippen molar-refractivity contribution in [2.75, 3.05) is 13.1 Å². The summed E-state index contributed by atoms with van der Waals surface area (Å²) in [6, 6.07) is 0. The molecule has 0 bridgehead atoms. The van der Waals surface area contributed by atoms with E-state index in [9.17, 15) is 4.79 Å². The van der Waals surface area contributed by atoms with E-state index in [4.69, 9.17) is 16.7 Å². The van der Waals surface area contributed by atoms with E-state index in [2.05, 4.69) is 10.1 Å². The predicted molar refractivity (Wildman–Crippen MR) is 69.7 cm³/mol. The maximum Gasteiger partial charge on any atom is 0.407 e. The first-order valence-corrected chi connectivity index (χ1v) is 6.45. The Morgan fingerprint density at radius 2 is 2.16 bits per heavy atom. The molecule has 1 aliphatic rings. The van der Waals surface area contributed by atoms with E-state index < -0.39 is 6.09 Å². The van der Waals surface area contributed by atoms with Crippen molar-refractivity contribution in [3.05, 3.63) is 28.2 Å². The van der Waals surface area contributed by atoms with Gasteiger partial charge in [-0.1, -0.05) is 11.6 Å². The molecule has 100 valence electrons. The summed E-state index contributed by atoms with van der Waals surface area (Å²) < 4.78 is 1.62. The molecule has 2 aromatic rings. The maximum absolute atomic E-state index is 11.0. The molecule has 1 aliphatic heterocycles. The standard InChI is InChI=1S/C12H13ClN4O2/c1-7-6-14-17-10(13)8-2-4-16(12(18)19)5-3-9(8)15-11(7)17/h6H,2-5H2,1H3,(H,18,19). The molecule has 0 fully saturated rings. The molecule has 1 amide bonds. The Balaban J connectivity index is 2.09. The van der Waals surface area contributed by atoms with Crippen LogP contribution in [0.5, 0.6) is 0 Å². The number of hydrogen-bond acceptors (Lipinski definition) is 3. The lowest BCUT2D eigenvalue weighted by molar-refractivity contribution is 0.147. The van der Waals surface area contributed by atoms with Crippen LogP contribution in [0.1, 0.15) is 16.8 Å². The van der Waals surface area contributed by atoms with Gasteiger partial charge in [-0.3, -0.25) is 0 Å². The van der Waals surface area contributed by atoms with Crippen LogP contribution in [0.3, 0.4) is 0 Å². The van der Waals surface area contributed by atoms with Crippen molar-refractivity contribution in [1.29, 1.82) is 0 Å². The van der Waals surface area contributed by atoms with Gasteiger partial charge < -0.3 is 10.0 Å². The van der Waals surface area contributed by atoms with Gasteiger partial charge in [0.15, 0.2) is 5.65 Å². The van der Waals surface area contributed by atoms with E-state index in [1.165, 1.54) is 4.90 Å². The first-order valence-electron chi connectivity index (χ1n) is 6.07. The lowest BCUT2D eigenvalue weighted by Gasteiger charge is -2.14. The van der Waals surface area contributed by atoms with Gasteiger partial charge in [-0.05, 0) is 13.3 Å². The van der Waals surface area contributed by atoms with Crippen molar-refractivity contribution in [1.82, 2.24) is 19.5 Å². The Kier molecular flexibility index (Phi) is 2.82. The minimum absolute atomic E-state index is 0.440. The van der Waals surface area contributed by atoms with E-state index in [1.807, 2.05) is 6.92 Å². The average molecular weight is 281 g/mol. The summed E-state index contributed by atoms with van der Waals surface area (Å²) in [6.07, 6.45) is 1.99. The summed E-state index contributed by atoms with van der Waals surface area (Å²) in [5, 5.41) is 13.8. The fourth-order valence-electron chi connectivity index (χ4n) is 2.39. The van der Waals surface area contributed by atoms with Crippen LogP contribution in [0, 0.1) is 6.92 Å². The summed E-state index contributed by atoms with van der Waals surface area (Å²) >= 11 is 6.37. The van der Waals surface area contributed by atoms with Crippen LogP contribution in [0.25, 0.3) is 5.65 Å². The molecule has 0 aromatic carbocycles. The molecule has 3 rings (SSSR count).